The first-order valence-electron chi connectivity index (χ1n) is 6.61. The number of benzene rings is 1. The van der Waals surface area contributed by atoms with E-state index in [4.69, 9.17) is 0 Å². The number of H-pyrrole nitrogens is 1. The summed E-state index contributed by atoms with van der Waals surface area (Å²) in [4.78, 5) is 17.7. The van der Waals surface area contributed by atoms with Gasteiger partial charge in [0.1, 0.15) is 0 Å². The molecule has 3 rings (SSSR count). The lowest BCUT2D eigenvalue weighted by Gasteiger charge is -2.31. The van der Waals surface area contributed by atoms with Crippen molar-refractivity contribution in [3.8, 4) is 0 Å². The third-order valence-corrected chi connectivity index (χ3v) is 3.76. The smallest absolute Gasteiger partial charge is 0.255 e. The number of aromatic amines is 1. The minimum Gasteiger partial charge on any atom is -0.361 e. The van der Waals surface area contributed by atoms with Gasteiger partial charge in [-0.15, -0.1) is 0 Å². The second kappa shape index (κ2) is 4.48. The zero-order valence-electron chi connectivity index (χ0n) is 10.6. The number of aromatic nitrogens is 1. The number of amides is 1. The van der Waals surface area contributed by atoms with Gasteiger partial charge in [-0.2, -0.15) is 0 Å². The number of piperidine rings is 1. The molecule has 1 aliphatic heterocycles. The number of nitrogens with zero attached hydrogens (tertiary/aromatic N) is 1. The first-order valence-corrected chi connectivity index (χ1v) is 6.61. The molecule has 1 fully saturated rings. The van der Waals surface area contributed by atoms with E-state index in [1.54, 1.807) is 0 Å². The number of rotatable bonds is 1. The molecule has 0 bridgehead atoms. The summed E-state index contributed by atoms with van der Waals surface area (Å²) in [5.41, 5.74) is 1.76. The molecular weight excluding hydrogens is 224 g/mol. The Morgan fingerprint density at radius 3 is 3.11 bits per heavy atom. The Morgan fingerprint density at radius 1 is 1.39 bits per heavy atom. The van der Waals surface area contributed by atoms with E-state index in [0.717, 1.165) is 36.0 Å². The molecule has 0 saturated carbocycles. The lowest BCUT2D eigenvalue weighted by Crippen LogP contribution is -2.39. The Balaban J connectivity index is 1.94. The minimum atomic E-state index is 0.162. The standard InChI is InChI=1S/C15H18N2O/c1-11-4-3-9-17(10-11)15(18)13-6-2-5-12-7-8-16-14(12)13/h2,5-8,11,16H,3-4,9-10H2,1H3. The van der Waals surface area contributed by atoms with E-state index in [-0.39, 0.29) is 5.91 Å². The molecule has 3 nitrogen and oxygen atoms in total. The molecule has 2 aromatic rings. The highest BCUT2D eigenvalue weighted by Gasteiger charge is 2.23. The van der Waals surface area contributed by atoms with Gasteiger partial charge in [-0.1, -0.05) is 19.1 Å². The Hall–Kier alpha value is -1.77. The van der Waals surface area contributed by atoms with Crippen molar-refractivity contribution in [2.75, 3.05) is 13.1 Å². The maximum absolute atomic E-state index is 12.6. The highest BCUT2D eigenvalue weighted by Crippen LogP contribution is 2.22. The van der Waals surface area contributed by atoms with E-state index in [1.807, 2.05) is 35.4 Å². The van der Waals surface area contributed by atoms with Gasteiger partial charge in [-0.25, -0.2) is 0 Å². The van der Waals surface area contributed by atoms with Crippen LogP contribution < -0.4 is 0 Å². The first kappa shape index (κ1) is 11.3. The number of hydrogen-bond donors (Lipinski definition) is 1. The number of hydrogen-bond acceptors (Lipinski definition) is 1. The van der Waals surface area contributed by atoms with Crippen LogP contribution in [0.4, 0.5) is 0 Å². The molecule has 0 radical (unpaired) electrons. The highest BCUT2D eigenvalue weighted by atomic mass is 16.2. The van der Waals surface area contributed by atoms with Crippen LogP contribution in [0.3, 0.4) is 0 Å². The average molecular weight is 242 g/mol. The number of carbonyl (C=O) groups excluding carboxylic acids is 1. The minimum absolute atomic E-state index is 0.162. The molecule has 2 heterocycles. The van der Waals surface area contributed by atoms with Gasteiger partial charge >= 0.3 is 0 Å². The number of fused-ring (bicyclic) bond motifs is 1. The quantitative estimate of drug-likeness (QED) is 0.819. The van der Waals surface area contributed by atoms with Crippen molar-refractivity contribution in [3.05, 3.63) is 36.0 Å². The predicted octanol–water partition coefficient (Wildman–Crippen LogP) is 3.04. The molecule has 1 unspecified atom stereocenters. The third-order valence-electron chi connectivity index (χ3n) is 3.76. The summed E-state index contributed by atoms with van der Waals surface area (Å²) >= 11 is 0. The summed E-state index contributed by atoms with van der Waals surface area (Å²) in [6, 6.07) is 7.91. The second-order valence-electron chi connectivity index (χ2n) is 5.25. The summed E-state index contributed by atoms with van der Waals surface area (Å²) in [6.07, 6.45) is 4.24. The van der Waals surface area contributed by atoms with Crippen molar-refractivity contribution >= 4 is 16.8 Å². The van der Waals surface area contributed by atoms with Gasteiger partial charge in [0.05, 0.1) is 11.1 Å². The molecular formula is C15H18N2O. The number of para-hydroxylation sites is 1. The van der Waals surface area contributed by atoms with E-state index in [9.17, 15) is 4.79 Å². The predicted molar refractivity (Wildman–Crippen MR) is 72.6 cm³/mol. The third kappa shape index (κ3) is 1.90. The zero-order valence-corrected chi connectivity index (χ0v) is 10.6. The topological polar surface area (TPSA) is 36.1 Å². The monoisotopic (exact) mass is 242 g/mol. The van der Waals surface area contributed by atoms with Crippen molar-refractivity contribution in [2.24, 2.45) is 5.92 Å². The van der Waals surface area contributed by atoms with Crippen molar-refractivity contribution < 1.29 is 4.79 Å². The van der Waals surface area contributed by atoms with Crippen LogP contribution in [0.5, 0.6) is 0 Å². The van der Waals surface area contributed by atoms with Crippen molar-refractivity contribution in [1.29, 1.82) is 0 Å². The summed E-state index contributed by atoms with van der Waals surface area (Å²) in [5.74, 6) is 0.778. The number of carbonyl (C=O) groups is 1. The number of likely N-dealkylation sites (tertiary alicyclic amines) is 1. The molecule has 3 heteroatoms. The number of nitrogens with one attached hydrogen (secondary N) is 1. The summed E-state index contributed by atoms with van der Waals surface area (Å²) in [6.45, 7) is 3.99. The van der Waals surface area contributed by atoms with Gasteiger partial charge in [0.25, 0.3) is 5.91 Å². The van der Waals surface area contributed by atoms with Crippen molar-refractivity contribution in [3.63, 3.8) is 0 Å². The van der Waals surface area contributed by atoms with Crippen LogP contribution >= 0.6 is 0 Å². The molecule has 1 saturated heterocycles. The molecule has 1 aliphatic rings. The van der Waals surface area contributed by atoms with E-state index >= 15 is 0 Å². The summed E-state index contributed by atoms with van der Waals surface area (Å²) in [5, 5.41) is 1.10. The Bertz CT molecular complexity index is 573. The Labute approximate surface area is 107 Å². The van der Waals surface area contributed by atoms with Crippen LogP contribution in [-0.2, 0) is 0 Å². The summed E-state index contributed by atoms with van der Waals surface area (Å²) < 4.78 is 0. The SMILES string of the molecule is CC1CCCN(C(=O)c2cccc3cc[nH]c23)C1. The average Bonchev–Trinajstić information content (AvgIpc) is 2.86. The maximum Gasteiger partial charge on any atom is 0.255 e. The van der Waals surface area contributed by atoms with Gasteiger partial charge < -0.3 is 9.88 Å². The first-order chi connectivity index (χ1) is 8.75. The van der Waals surface area contributed by atoms with E-state index < -0.39 is 0 Å². The summed E-state index contributed by atoms with van der Waals surface area (Å²) in [7, 11) is 0. The van der Waals surface area contributed by atoms with Crippen LogP contribution in [0, 0.1) is 5.92 Å². The van der Waals surface area contributed by atoms with Crippen molar-refractivity contribution in [2.45, 2.75) is 19.8 Å². The van der Waals surface area contributed by atoms with Gasteiger partial charge in [0, 0.05) is 24.7 Å². The second-order valence-corrected chi connectivity index (χ2v) is 5.25. The van der Waals surface area contributed by atoms with Gasteiger partial charge in [0.2, 0.25) is 0 Å². The molecule has 1 aromatic carbocycles. The van der Waals surface area contributed by atoms with Crippen LogP contribution in [0.25, 0.3) is 10.9 Å². The molecule has 1 atom stereocenters. The van der Waals surface area contributed by atoms with Crippen molar-refractivity contribution in [1.82, 2.24) is 9.88 Å². The van der Waals surface area contributed by atoms with Crippen LogP contribution in [0.15, 0.2) is 30.5 Å². The zero-order chi connectivity index (χ0) is 12.5. The van der Waals surface area contributed by atoms with Gasteiger partial charge in [-0.3, -0.25) is 4.79 Å². The van der Waals surface area contributed by atoms with Crippen LogP contribution in [0.1, 0.15) is 30.1 Å². The van der Waals surface area contributed by atoms with Gasteiger partial charge in [0.15, 0.2) is 0 Å². The van der Waals surface area contributed by atoms with Gasteiger partial charge in [-0.05, 0) is 30.9 Å². The molecule has 0 spiro atoms. The molecule has 1 aromatic heterocycles. The van der Waals surface area contributed by atoms with E-state index in [2.05, 4.69) is 11.9 Å². The normalized spacial score (nSPS) is 20.3. The lowest BCUT2D eigenvalue weighted by atomic mass is 9.99. The molecule has 18 heavy (non-hydrogen) atoms. The molecule has 0 aliphatic carbocycles. The molecule has 94 valence electrons. The highest BCUT2D eigenvalue weighted by molar-refractivity contribution is 6.05. The fourth-order valence-electron chi connectivity index (χ4n) is 2.81. The van der Waals surface area contributed by atoms with Crippen LogP contribution in [-0.4, -0.2) is 28.9 Å². The molecule has 1 N–H and O–H groups in total. The van der Waals surface area contributed by atoms with E-state index in [1.165, 1.54) is 6.42 Å². The molecule has 1 amide bonds. The fraction of sp³-hybridized carbons (Fsp3) is 0.400. The lowest BCUT2D eigenvalue weighted by molar-refractivity contribution is 0.0685. The maximum atomic E-state index is 12.6. The Morgan fingerprint density at radius 2 is 2.28 bits per heavy atom. The largest absolute Gasteiger partial charge is 0.361 e. The fourth-order valence-corrected chi connectivity index (χ4v) is 2.81. The van der Waals surface area contributed by atoms with Crippen LogP contribution in [0.2, 0.25) is 0 Å². The Kier molecular flexibility index (Phi) is 2.82. The van der Waals surface area contributed by atoms with E-state index in [0.29, 0.717) is 5.92 Å².